The normalized spacial score (nSPS) is 10.8. The lowest BCUT2D eigenvalue weighted by atomic mass is 10.2. The summed E-state index contributed by atoms with van der Waals surface area (Å²) in [4.78, 5) is 8.80. The molecule has 0 bridgehead atoms. The van der Waals surface area contributed by atoms with E-state index >= 15 is 0 Å². The minimum Gasteiger partial charge on any atom is -0.443 e. The number of rotatable bonds is 3. The molecule has 1 N–H and O–H groups in total. The Balaban J connectivity index is 2.26. The van der Waals surface area contributed by atoms with Crippen LogP contribution >= 0.6 is 0 Å². The molecule has 68 valence electrons. The van der Waals surface area contributed by atoms with Crippen molar-refractivity contribution in [3.05, 3.63) is 30.2 Å². The van der Waals surface area contributed by atoms with Gasteiger partial charge in [0.15, 0.2) is 12.0 Å². The van der Waals surface area contributed by atoms with E-state index in [0.717, 1.165) is 16.7 Å². The molecule has 0 fully saturated rings. The van der Waals surface area contributed by atoms with Crippen molar-refractivity contribution in [1.82, 2.24) is 10.5 Å². The second kappa shape index (κ2) is 3.55. The lowest BCUT2D eigenvalue weighted by Gasteiger charge is -2.00. The van der Waals surface area contributed by atoms with Gasteiger partial charge in [0.05, 0.1) is 7.11 Å². The van der Waals surface area contributed by atoms with Crippen molar-refractivity contribution >= 4 is 11.1 Å². The van der Waals surface area contributed by atoms with Crippen molar-refractivity contribution in [3.63, 3.8) is 0 Å². The maximum absolute atomic E-state index is 5.11. The second-order valence-electron chi connectivity index (χ2n) is 2.68. The number of aromatic nitrogens is 1. The van der Waals surface area contributed by atoms with Crippen LogP contribution in [0.2, 0.25) is 0 Å². The van der Waals surface area contributed by atoms with Gasteiger partial charge in [0.1, 0.15) is 5.52 Å². The summed E-state index contributed by atoms with van der Waals surface area (Å²) < 4.78 is 5.11. The minimum absolute atomic E-state index is 0.666. The number of benzene rings is 1. The Labute approximate surface area is 75.5 Å². The van der Waals surface area contributed by atoms with Crippen LogP contribution in [0, 0.1) is 0 Å². The predicted molar refractivity (Wildman–Crippen MR) is 47.9 cm³/mol. The Morgan fingerprint density at radius 2 is 2.46 bits per heavy atom. The molecule has 1 aromatic carbocycles. The smallest absolute Gasteiger partial charge is 0.181 e. The van der Waals surface area contributed by atoms with Gasteiger partial charge in [-0.15, -0.1) is 0 Å². The van der Waals surface area contributed by atoms with Crippen LogP contribution in [0.25, 0.3) is 11.1 Å². The van der Waals surface area contributed by atoms with Gasteiger partial charge in [-0.3, -0.25) is 0 Å². The number of hydrogen-bond donors (Lipinski definition) is 1. The SMILES string of the molecule is CONCc1ccc2ocnc2c1. The summed E-state index contributed by atoms with van der Waals surface area (Å²) in [6.45, 7) is 0.666. The van der Waals surface area contributed by atoms with Crippen molar-refractivity contribution in [2.75, 3.05) is 7.11 Å². The number of hydroxylamine groups is 1. The molecular weight excluding hydrogens is 168 g/mol. The van der Waals surface area contributed by atoms with Gasteiger partial charge in [0, 0.05) is 6.54 Å². The van der Waals surface area contributed by atoms with E-state index in [1.54, 1.807) is 7.11 Å². The van der Waals surface area contributed by atoms with Crippen LogP contribution in [0.15, 0.2) is 29.0 Å². The van der Waals surface area contributed by atoms with Crippen LogP contribution < -0.4 is 5.48 Å². The van der Waals surface area contributed by atoms with Crippen molar-refractivity contribution in [1.29, 1.82) is 0 Å². The lowest BCUT2D eigenvalue weighted by Crippen LogP contribution is -2.10. The van der Waals surface area contributed by atoms with Crippen molar-refractivity contribution in [2.24, 2.45) is 0 Å². The molecule has 1 aromatic heterocycles. The van der Waals surface area contributed by atoms with Crippen LogP contribution in [0.3, 0.4) is 0 Å². The molecule has 0 radical (unpaired) electrons. The van der Waals surface area contributed by atoms with Gasteiger partial charge in [0.25, 0.3) is 0 Å². The molecule has 0 spiro atoms. The monoisotopic (exact) mass is 178 g/mol. The maximum atomic E-state index is 5.11. The largest absolute Gasteiger partial charge is 0.443 e. The third-order valence-corrected chi connectivity index (χ3v) is 1.82. The van der Waals surface area contributed by atoms with E-state index in [4.69, 9.17) is 9.25 Å². The molecule has 1 heterocycles. The first-order chi connectivity index (χ1) is 6.40. The van der Waals surface area contributed by atoms with E-state index in [2.05, 4.69) is 10.5 Å². The molecule has 2 aromatic rings. The Morgan fingerprint density at radius 3 is 3.31 bits per heavy atom. The van der Waals surface area contributed by atoms with Gasteiger partial charge in [-0.2, -0.15) is 5.48 Å². The van der Waals surface area contributed by atoms with Crippen LogP contribution in [-0.4, -0.2) is 12.1 Å². The van der Waals surface area contributed by atoms with Gasteiger partial charge in [-0.25, -0.2) is 4.98 Å². The molecule has 0 unspecified atom stereocenters. The van der Waals surface area contributed by atoms with E-state index in [-0.39, 0.29) is 0 Å². The number of nitrogens with zero attached hydrogens (tertiary/aromatic N) is 1. The minimum atomic E-state index is 0.666. The molecule has 13 heavy (non-hydrogen) atoms. The van der Waals surface area contributed by atoms with E-state index < -0.39 is 0 Å². The zero-order valence-electron chi connectivity index (χ0n) is 7.28. The Morgan fingerprint density at radius 1 is 1.54 bits per heavy atom. The number of oxazole rings is 1. The predicted octanol–water partition coefficient (Wildman–Crippen LogP) is 1.48. The lowest BCUT2D eigenvalue weighted by molar-refractivity contribution is 0.0867. The summed E-state index contributed by atoms with van der Waals surface area (Å²) in [7, 11) is 1.59. The fraction of sp³-hybridized carbons (Fsp3) is 0.222. The molecule has 4 nitrogen and oxygen atoms in total. The molecule has 0 aliphatic rings. The van der Waals surface area contributed by atoms with Crippen LogP contribution in [0.1, 0.15) is 5.56 Å². The fourth-order valence-corrected chi connectivity index (χ4v) is 1.17. The number of hydrogen-bond acceptors (Lipinski definition) is 4. The van der Waals surface area contributed by atoms with Crippen molar-refractivity contribution in [3.8, 4) is 0 Å². The van der Waals surface area contributed by atoms with Crippen LogP contribution in [-0.2, 0) is 11.4 Å². The van der Waals surface area contributed by atoms with Gasteiger partial charge in [0.2, 0.25) is 0 Å². The Hall–Kier alpha value is -1.39. The van der Waals surface area contributed by atoms with Gasteiger partial charge < -0.3 is 9.25 Å². The fourth-order valence-electron chi connectivity index (χ4n) is 1.17. The van der Waals surface area contributed by atoms with Gasteiger partial charge in [-0.05, 0) is 17.7 Å². The summed E-state index contributed by atoms with van der Waals surface area (Å²) in [5, 5.41) is 0. The highest BCUT2D eigenvalue weighted by Gasteiger charge is 1.99. The molecule has 0 amide bonds. The molecule has 0 atom stereocenters. The first-order valence-corrected chi connectivity index (χ1v) is 3.98. The summed E-state index contributed by atoms with van der Waals surface area (Å²) >= 11 is 0. The topological polar surface area (TPSA) is 47.3 Å². The van der Waals surface area contributed by atoms with Crippen molar-refractivity contribution in [2.45, 2.75) is 6.54 Å². The summed E-state index contributed by atoms with van der Waals surface area (Å²) in [5.41, 5.74) is 5.55. The van der Waals surface area contributed by atoms with E-state index in [9.17, 15) is 0 Å². The number of nitrogens with one attached hydrogen (secondary N) is 1. The Bertz CT molecular complexity index is 397. The third kappa shape index (κ3) is 1.68. The third-order valence-electron chi connectivity index (χ3n) is 1.82. The molecule has 0 saturated carbocycles. The first-order valence-electron chi connectivity index (χ1n) is 3.98. The summed E-state index contributed by atoms with van der Waals surface area (Å²) in [5.74, 6) is 0. The molecule has 0 aliphatic heterocycles. The molecule has 0 saturated heterocycles. The van der Waals surface area contributed by atoms with E-state index in [0.29, 0.717) is 6.54 Å². The quantitative estimate of drug-likeness (QED) is 0.723. The summed E-state index contributed by atoms with van der Waals surface area (Å²) in [6, 6.07) is 5.83. The first kappa shape index (κ1) is 8.22. The van der Waals surface area contributed by atoms with Gasteiger partial charge >= 0.3 is 0 Å². The standard InChI is InChI=1S/C9H10N2O2/c1-12-11-5-7-2-3-9-8(4-7)10-6-13-9/h2-4,6,11H,5H2,1H3. The van der Waals surface area contributed by atoms with Crippen molar-refractivity contribution < 1.29 is 9.25 Å². The second-order valence-corrected chi connectivity index (χ2v) is 2.68. The highest BCUT2D eigenvalue weighted by Crippen LogP contribution is 2.13. The Kier molecular flexibility index (Phi) is 2.25. The zero-order chi connectivity index (χ0) is 9.10. The van der Waals surface area contributed by atoms with Crippen LogP contribution in [0.5, 0.6) is 0 Å². The zero-order valence-corrected chi connectivity index (χ0v) is 7.28. The van der Waals surface area contributed by atoms with Crippen LogP contribution in [0.4, 0.5) is 0 Å². The number of fused-ring (bicyclic) bond motifs is 1. The molecule has 0 aliphatic carbocycles. The molecule has 4 heteroatoms. The van der Waals surface area contributed by atoms with E-state index in [1.165, 1.54) is 6.39 Å². The average molecular weight is 178 g/mol. The average Bonchev–Trinajstić information content (AvgIpc) is 2.61. The highest BCUT2D eigenvalue weighted by molar-refractivity contribution is 5.72. The highest BCUT2D eigenvalue weighted by atomic mass is 16.6. The maximum Gasteiger partial charge on any atom is 0.181 e. The molecular formula is C9H10N2O2. The van der Waals surface area contributed by atoms with Gasteiger partial charge in [-0.1, -0.05) is 6.07 Å². The molecule has 2 rings (SSSR count). The summed E-state index contributed by atoms with van der Waals surface area (Å²) in [6.07, 6.45) is 1.44. The van der Waals surface area contributed by atoms with E-state index in [1.807, 2.05) is 18.2 Å².